The summed E-state index contributed by atoms with van der Waals surface area (Å²) in [6, 6.07) is 4.18. The Morgan fingerprint density at radius 2 is 1.52 bits per heavy atom. The maximum absolute atomic E-state index is 9.50. The van der Waals surface area contributed by atoms with Gasteiger partial charge in [-0.25, -0.2) is 0 Å². The summed E-state index contributed by atoms with van der Waals surface area (Å²) in [6.45, 7) is 7.79. The second-order valence-corrected chi connectivity index (χ2v) is 5.39. The molecule has 120 valence electrons. The molecule has 4 heteroatoms. The minimum Gasteiger partial charge on any atom is -0.496 e. The van der Waals surface area contributed by atoms with Crippen LogP contribution >= 0.6 is 0 Å². The summed E-state index contributed by atoms with van der Waals surface area (Å²) in [6.07, 6.45) is 2.64. The van der Waals surface area contributed by atoms with Crippen LogP contribution in [0.1, 0.15) is 38.8 Å². The first-order valence-corrected chi connectivity index (χ1v) is 7.34. The lowest BCUT2D eigenvalue weighted by molar-refractivity contribution is -0.110. The molecule has 0 fully saturated rings. The quantitative estimate of drug-likeness (QED) is 0.820. The average Bonchev–Trinajstić information content (AvgIpc) is 2.46. The molecule has 1 aromatic carbocycles. The van der Waals surface area contributed by atoms with Crippen molar-refractivity contribution in [1.29, 1.82) is 0 Å². The Labute approximate surface area is 128 Å². The highest BCUT2D eigenvalue weighted by Crippen LogP contribution is 2.29. The Balaban J connectivity index is 0.000000690. The fourth-order valence-electron chi connectivity index (χ4n) is 1.81. The van der Waals surface area contributed by atoms with Crippen molar-refractivity contribution >= 4 is 6.29 Å². The van der Waals surface area contributed by atoms with Crippen LogP contribution in [0.25, 0.3) is 0 Å². The smallest absolute Gasteiger partial charge is 0.122 e. The predicted octanol–water partition coefficient (Wildman–Crippen LogP) is 3.00. The predicted molar refractivity (Wildman–Crippen MR) is 87.2 cm³/mol. The van der Waals surface area contributed by atoms with Gasteiger partial charge in [0.25, 0.3) is 0 Å². The van der Waals surface area contributed by atoms with Crippen LogP contribution in [0.15, 0.2) is 12.1 Å². The van der Waals surface area contributed by atoms with Gasteiger partial charge >= 0.3 is 0 Å². The lowest BCUT2D eigenvalue weighted by Gasteiger charge is -2.15. The van der Waals surface area contributed by atoms with Crippen molar-refractivity contribution in [2.45, 2.75) is 46.6 Å². The molecule has 0 saturated heterocycles. The topological polar surface area (TPSA) is 61.5 Å². The van der Waals surface area contributed by atoms with Gasteiger partial charge < -0.3 is 20.0 Å². The van der Waals surface area contributed by atoms with Crippen molar-refractivity contribution in [1.82, 2.24) is 0 Å². The fourth-order valence-corrected chi connectivity index (χ4v) is 1.81. The molecule has 4 nitrogen and oxygen atoms in total. The van der Waals surface area contributed by atoms with Gasteiger partial charge in [-0.05, 0) is 43.0 Å². The van der Waals surface area contributed by atoms with Crippen LogP contribution < -0.4 is 15.2 Å². The minimum atomic E-state index is 0.117. The van der Waals surface area contributed by atoms with E-state index in [1.54, 1.807) is 14.2 Å². The molecular weight excluding hydrogens is 266 g/mol. The number of rotatable bonds is 6. The highest BCUT2D eigenvalue weighted by molar-refractivity contribution is 5.51. The number of methoxy groups -OCH3 is 2. The number of hydrogen-bond acceptors (Lipinski definition) is 4. The van der Waals surface area contributed by atoms with Crippen LogP contribution in [0.3, 0.4) is 0 Å². The molecule has 0 bridgehead atoms. The highest BCUT2D eigenvalue weighted by atomic mass is 16.5. The van der Waals surface area contributed by atoms with Gasteiger partial charge in [0.2, 0.25) is 0 Å². The van der Waals surface area contributed by atoms with E-state index in [2.05, 4.69) is 6.92 Å². The van der Waals surface area contributed by atoms with E-state index in [4.69, 9.17) is 15.2 Å². The van der Waals surface area contributed by atoms with Crippen LogP contribution in [0.4, 0.5) is 0 Å². The molecule has 0 amide bonds. The van der Waals surface area contributed by atoms with E-state index >= 15 is 0 Å². The summed E-state index contributed by atoms with van der Waals surface area (Å²) in [4.78, 5) is 9.50. The summed E-state index contributed by atoms with van der Waals surface area (Å²) in [5.41, 5.74) is 8.08. The zero-order valence-electron chi connectivity index (χ0n) is 14.1. The second kappa shape index (κ2) is 10.2. The molecule has 0 aliphatic heterocycles. The maximum Gasteiger partial charge on any atom is 0.122 e. The van der Waals surface area contributed by atoms with Crippen LogP contribution in [0.2, 0.25) is 0 Å². The van der Waals surface area contributed by atoms with Crippen LogP contribution in [-0.4, -0.2) is 26.5 Å². The Morgan fingerprint density at radius 3 is 1.86 bits per heavy atom. The Kier molecular flexibility index (Phi) is 9.46. The number of carbonyl (C=O) groups is 1. The number of nitrogens with two attached hydrogens (primary N) is 1. The number of aryl methyl sites for hydroxylation is 1. The molecule has 1 unspecified atom stereocenters. The normalized spacial score (nSPS) is 11.4. The number of ether oxygens (including phenoxy) is 2. The molecule has 0 heterocycles. The van der Waals surface area contributed by atoms with Crippen molar-refractivity contribution in [3.63, 3.8) is 0 Å². The average molecular weight is 295 g/mol. The van der Waals surface area contributed by atoms with E-state index < -0.39 is 0 Å². The molecule has 0 radical (unpaired) electrons. The lowest BCUT2D eigenvalue weighted by atomic mass is 10.0. The molecule has 0 aliphatic carbocycles. The third kappa shape index (κ3) is 7.14. The first kappa shape index (κ1) is 19.4. The van der Waals surface area contributed by atoms with Gasteiger partial charge in [0, 0.05) is 12.0 Å². The van der Waals surface area contributed by atoms with Crippen LogP contribution in [0, 0.1) is 5.92 Å². The minimum absolute atomic E-state index is 0.117. The van der Waals surface area contributed by atoms with E-state index in [9.17, 15) is 4.79 Å². The molecule has 1 rings (SSSR count). The number of hydrogen-bond donors (Lipinski definition) is 1. The highest BCUT2D eigenvalue weighted by Gasteiger charge is 2.11. The molecule has 0 saturated carbocycles. The third-order valence-electron chi connectivity index (χ3n) is 2.88. The SMILES string of the molecule is CC(C)C=O.CCc1cc(OC)c(CC(C)N)cc1OC. The lowest BCUT2D eigenvalue weighted by Crippen LogP contribution is -2.18. The van der Waals surface area contributed by atoms with Crippen molar-refractivity contribution in [3.8, 4) is 11.5 Å². The van der Waals surface area contributed by atoms with E-state index in [-0.39, 0.29) is 12.0 Å². The van der Waals surface area contributed by atoms with Crippen LogP contribution in [0.5, 0.6) is 11.5 Å². The monoisotopic (exact) mass is 295 g/mol. The van der Waals surface area contributed by atoms with Gasteiger partial charge in [0.15, 0.2) is 0 Å². The molecule has 2 N–H and O–H groups in total. The van der Waals surface area contributed by atoms with Crippen molar-refractivity contribution in [2.75, 3.05) is 14.2 Å². The number of carbonyl (C=O) groups excluding carboxylic acids is 1. The molecule has 1 aromatic rings. The van der Waals surface area contributed by atoms with Gasteiger partial charge in [-0.15, -0.1) is 0 Å². The first-order valence-electron chi connectivity index (χ1n) is 7.34. The van der Waals surface area contributed by atoms with E-state index in [0.717, 1.165) is 41.8 Å². The zero-order chi connectivity index (χ0) is 16.4. The van der Waals surface area contributed by atoms with Gasteiger partial charge in [-0.3, -0.25) is 0 Å². The molecule has 0 spiro atoms. The molecule has 0 aromatic heterocycles. The standard InChI is InChI=1S/C13H21NO2.C4H8O/c1-5-10-7-13(16-4)11(6-9(2)14)8-12(10)15-3;1-4(2)3-5/h7-9H,5-6,14H2,1-4H3;3-4H,1-2H3. The van der Waals surface area contributed by atoms with Crippen molar-refractivity contribution in [2.24, 2.45) is 11.7 Å². The Hall–Kier alpha value is -1.55. The third-order valence-corrected chi connectivity index (χ3v) is 2.88. The van der Waals surface area contributed by atoms with Gasteiger partial charge in [0.05, 0.1) is 14.2 Å². The summed E-state index contributed by atoms with van der Waals surface area (Å²) >= 11 is 0. The van der Waals surface area contributed by atoms with E-state index in [0.29, 0.717) is 0 Å². The fraction of sp³-hybridized carbons (Fsp3) is 0.588. The first-order chi connectivity index (χ1) is 9.89. The van der Waals surface area contributed by atoms with Crippen molar-refractivity contribution < 1.29 is 14.3 Å². The van der Waals surface area contributed by atoms with Gasteiger partial charge in [-0.1, -0.05) is 20.8 Å². The second-order valence-electron chi connectivity index (χ2n) is 5.39. The van der Waals surface area contributed by atoms with Gasteiger partial charge in [0.1, 0.15) is 17.8 Å². The molecule has 1 atom stereocenters. The van der Waals surface area contributed by atoms with Crippen molar-refractivity contribution in [3.05, 3.63) is 23.3 Å². The van der Waals surface area contributed by atoms with Gasteiger partial charge in [-0.2, -0.15) is 0 Å². The molecular formula is C17H29NO3. The Bertz CT molecular complexity index is 428. The Morgan fingerprint density at radius 1 is 1.10 bits per heavy atom. The van der Waals surface area contributed by atoms with E-state index in [1.165, 1.54) is 0 Å². The molecule has 0 aliphatic rings. The largest absolute Gasteiger partial charge is 0.496 e. The summed E-state index contributed by atoms with van der Waals surface area (Å²) in [7, 11) is 3.38. The van der Waals surface area contributed by atoms with Crippen LogP contribution in [-0.2, 0) is 17.6 Å². The number of benzene rings is 1. The van der Waals surface area contributed by atoms with E-state index in [1.807, 2.05) is 32.9 Å². The number of aldehydes is 1. The summed E-state index contributed by atoms with van der Waals surface area (Å²) in [5, 5.41) is 0. The zero-order valence-corrected chi connectivity index (χ0v) is 14.1. The summed E-state index contributed by atoms with van der Waals surface area (Å²) in [5.74, 6) is 2.02. The molecule has 21 heavy (non-hydrogen) atoms. The maximum atomic E-state index is 9.50. The summed E-state index contributed by atoms with van der Waals surface area (Å²) < 4.78 is 10.7.